The van der Waals surface area contributed by atoms with Gasteiger partial charge in [-0.15, -0.1) is 0 Å². The Morgan fingerprint density at radius 3 is 2.11 bits per heavy atom. The first-order valence-electron chi connectivity index (χ1n) is 8.53. The number of nitrogens with two attached hydrogens (primary N) is 2. The number of nitrogen functional groups attached to an aromatic ring is 1. The molecular formula is C20H21N7O. The predicted molar refractivity (Wildman–Crippen MR) is 111 cm³/mol. The first kappa shape index (κ1) is 18.8. The fourth-order valence-electron chi connectivity index (χ4n) is 2.74. The number of hydrogen-bond acceptors (Lipinski definition) is 6. The van der Waals surface area contributed by atoms with Gasteiger partial charge in [-0.1, -0.05) is 54.6 Å². The molecule has 8 heteroatoms. The summed E-state index contributed by atoms with van der Waals surface area (Å²) in [5, 5.41) is 9.41. The van der Waals surface area contributed by atoms with Gasteiger partial charge in [-0.3, -0.25) is 15.5 Å². The lowest BCUT2D eigenvalue weighted by Crippen LogP contribution is -2.36. The number of nitrogens with one attached hydrogen (secondary N) is 2. The fourth-order valence-corrected chi connectivity index (χ4v) is 2.74. The van der Waals surface area contributed by atoms with Crippen LogP contribution in [0.2, 0.25) is 0 Å². The first-order valence-corrected chi connectivity index (χ1v) is 8.53. The molecule has 0 aliphatic heterocycles. The number of nitrogens with zero attached hydrogens (tertiary/aromatic N) is 3. The highest BCUT2D eigenvalue weighted by Gasteiger charge is 2.20. The summed E-state index contributed by atoms with van der Waals surface area (Å²) < 4.78 is 0. The van der Waals surface area contributed by atoms with Crippen molar-refractivity contribution >= 4 is 23.5 Å². The number of guanidine groups is 1. The van der Waals surface area contributed by atoms with Gasteiger partial charge in [0, 0.05) is 19.7 Å². The highest BCUT2D eigenvalue weighted by molar-refractivity contribution is 6.06. The van der Waals surface area contributed by atoms with Crippen LogP contribution in [-0.4, -0.2) is 35.9 Å². The second kappa shape index (κ2) is 7.75. The van der Waals surface area contributed by atoms with Crippen molar-refractivity contribution in [2.24, 2.45) is 5.73 Å². The molecule has 6 N–H and O–H groups in total. The van der Waals surface area contributed by atoms with Crippen LogP contribution in [0.4, 0.5) is 11.6 Å². The van der Waals surface area contributed by atoms with E-state index in [-0.39, 0.29) is 11.5 Å². The lowest BCUT2D eigenvalue weighted by atomic mass is 10.0. The Bertz CT molecular complexity index is 1010. The zero-order chi connectivity index (χ0) is 20.3. The van der Waals surface area contributed by atoms with Gasteiger partial charge < -0.3 is 16.4 Å². The largest absolute Gasteiger partial charge is 0.382 e. The molecule has 142 valence electrons. The number of benzene rings is 2. The molecule has 0 atom stereocenters. The molecule has 0 saturated carbocycles. The maximum absolute atomic E-state index is 12.3. The summed E-state index contributed by atoms with van der Waals surface area (Å²) in [5.74, 6) is -0.668. The van der Waals surface area contributed by atoms with Crippen LogP contribution in [0.25, 0.3) is 22.4 Å². The van der Waals surface area contributed by atoms with E-state index < -0.39 is 11.9 Å². The van der Waals surface area contributed by atoms with Gasteiger partial charge in [-0.05, 0) is 11.1 Å². The summed E-state index contributed by atoms with van der Waals surface area (Å²) in [5.41, 5.74) is 14.5. The van der Waals surface area contributed by atoms with Gasteiger partial charge in [0.2, 0.25) is 0 Å². The highest BCUT2D eigenvalue weighted by atomic mass is 16.2. The first-order chi connectivity index (χ1) is 13.4. The monoisotopic (exact) mass is 375 g/mol. The maximum atomic E-state index is 12.3. The van der Waals surface area contributed by atoms with Crippen molar-refractivity contribution in [3.63, 3.8) is 0 Å². The van der Waals surface area contributed by atoms with Gasteiger partial charge in [-0.2, -0.15) is 0 Å². The van der Waals surface area contributed by atoms with Crippen LogP contribution in [-0.2, 0) is 0 Å². The second-order valence-electron chi connectivity index (χ2n) is 6.34. The third-order valence-electron chi connectivity index (χ3n) is 4.06. The van der Waals surface area contributed by atoms with Crippen LogP contribution in [0.15, 0.2) is 54.6 Å². The summed E-state index contributed by atoms with van der Waals surface area (Å²) in [6, 6.07) is 17.8. The Hall–Kier alpha value is -3.94. The predicted octanol–water partition coefficient (Wildman–Crippen LogP) is 2.08. The van der Waals surface area contributed by atoms with Gasteiger partial charge in [0.1, 0.15) is 5.69 Å². The van der Waals surface area contributed by atoms with E-state index >= 15 is 0 Å². The number of anilines is 2. The third kappa shape index (κ3) is 3.90. The molecule has 1 amide bonds. The van der Waals surface area contributed by atoms with Crippen LogP contribution in [0.3, 0.4) is 0 Å². The number of carbonyl (C=O) groups excluding carboxylic acids is 1. The molecule has 0 saturated heterocycles. The van der Waals surface area contributed by atoms with Gasteiger partial charge >= 0.3 is 0 Å². The van der Waals surface area contributed by atoms with Crippen LogP contribution >= 0.6 is 0 Å². The Morgan fingerprint density at radius 2 is 1.54 bits per heavy atom. The van der Waals surface area contributed by atoms with E-state index in [4.69, 9.17) is 16.9 Å². The van der Waals surface area contributed by atoms with E-state index in [0.717, 1.165) is 16.7 Å². The molecule has 1 heterocycles. The molecule has 0 unspecified atom stereocenters. The minimum absolute atomic E-state index is 0.0351. The van der Waals surface area contributed by atoms with Crippen LogP contribution in [0.5, 0.6) is 0 Å². The van der Waals surface area contributed by atoms with Crippen LogP contribution in [0.1, 0.15) is 10.5 Å². The molecule has 0 bridgehead atoms. The van der Waals surface area contributed by atoms with Crippen molar-refractivity contribution in [3.8, 4) is 22.4 Å². The zero-order valence-electron chi connectivity index (χ0n) is 15.6. The summed E-state index contributed by atoms with van der Waals surface area (Å²) in [7, 11) is 3.64. The van der Waals surface area contributed by atoms with Crippen LogP contribution < -0.4 is 21.7 Å². The standard InChI is InChI=1S/C20H21N7O/c1-27(2)18-15(24-16(17(21)25-18)19(28)26-20(22)23)14-10-8-13(9-11-14)12-6-4-3-5-7-12/h3-11H,1-2H3,(H2,21,25)(H4,22,23,26,28). The number of rotatable bonds is 4. The lowest BCUT2D eigenvalue weighted by molar-refractivity contribution is 0.0972. The van der Waals surface area contributed by atoms with Crippen molar-refractivity contribution in [3.05, 3.63) is 60.3 Å². The van der Waals surface area contributed by atoms with E-state index in [9.17, 15) is 4.79 Å². The molecular weight excluding hydrogens is 354 g/mol. The molecule has 28 heavy (non-hydrogen) atoms. The summed E-state index contributed by atoms with van der Waals surface area (Å²) in [6.07, 6.45) is 0. The molecule has 3 aromatic rings. The van der Waals surface area contributed by atoms with E-state index in [2.05, 4.69) is 15.3 Å². The third-order valence-corrected chi connectivity index (χ3v) is 4.06. The molecule has 2 aromatic carbocycles. The van der Waals surface area contributed by atoms with Gasteiger partial charge in [0.05, 0.1) is 0 Å². The molecule has 3 rings (SSSR count). The normalized spacial score (nSPS) is 10.4. The number of amides is 1. The van der Waals surface area contributed by atoms with Crippen molar-refractivity contribution in [1.82, 2.24) is 15.3 Å². The molecule has 0 fully saturated rings. The van der Waals surface area contributed by atoms with Crippen molar-refractivity contribution in [2.45, 2.75) is 0 Å². The zero-order valence-corrected chi connectivity index (χ0v) is 15.6. The van der Waals surface area contributed by atoms with E-state index in [0.29, 0.717) is 11.5 Å². The Kier molecular flexibility index (Phi) is 5.21. The van der Waals surface area contributed by atoms with Crippen LogP contribution in [0, 0.1) is 5.41 Å². The SMILES string of the molecule is CN(C)c1nc(N)c(C(=O)NC(=N)N)nc1-c1ccc(-c2ccccc2)cc1. The average molecular weight is 375 g/mol. The Morgan fingerprint density at radius 1 is 0.964 bits per heavy atom. The molecule has 1 aromatic heterocycles. The minimum Gasteiger partial charge on any atom is -0.382 e. The number of carbonyl (C=O) groups is 1. The fraction of sp³-hybridized carbons (Fsp3) is 0.100. The Labute approximate surface area is 162 Å². The van der Waals surface area contributed by atoms with Gasteiger partial charge in [-0.25, -0.2) is 9.97 Å². The quantitative estimate of drug-likeness (QED) is 0.407. The average Bonchev–Trinajstić information content (AvgIpc) is 2.68. The number of aromatic nitrogens is 2. The maximum Gasteiger partial charge on any atom is 0.280 e. The van der Waals surface area contributed by atoms with Crippen molar-refractivity contribution < 1.29 is 4.79 Å². The van der Waals surface area contributed by atoms with Crippen molar-refractivity contribution in [2.75, 3.05) is 24.7 Å². The topological polar surface area (TPSA) is 134 Å². The van der Waals surface area contributed by atoms with E-state index in [1.54, 1.807) is 4.90 Å². The lowest BCUT2D eigenvalue weighted by Gasteiger charge is -2.18. The van der Waals surface area contributed by atoms with Gasteiger partial charge in [0.15, 0.2) is 23.3 Å². The molecule has 0 aliphatic rings. The number of hydrogen-bond donors (Lipinski definition) is 4. The molecule has 8 nitrogen and oxygen atoms in total. The van der Waals surface area contributed by atoms with E-state index in [1.807, 2.05) is 68.7 Å². The van der Waals surface area contributed by atoms with Gasteiger partial charge in [0.25, 0.3) is 5.91 Å². The highest BCUT2D eigenvalue weighted by Crippen LogP contribution is 2.30. The summed E-state index contributed by atoms with van der Waals surface area (Å²) in [6.45, 7) is 0. The van der Waals surface area contributed by atoms with E-state index in [1.165, 1.54) is 0 Å². The summed E-state index contributed by atoms with van der Waals surface area (Å²) >= 11 is 0. The summed E-state index contributed by atoms with van der Waals surface area (Å²) in [4.78, 5) is 22.8. The smallest absolute Gasteiger partial charge is 0.280 e. The molecule has 0 aliphatic carbocycles. The molecule has 0 spiro atoms. The Balaban J connectivity index is 2.06. The minimum atomic E-state index is -0.676. The molecule has 0 radical (unpaired) electrons. The van der Waals surface area contributed by atoms with Crippen molar-refractivity contribution in [1.29, 1.82) is 5.41 Å². The second-order valence-corrected chi connectivity index (χ2v) is 6.34.